The first kappa shape index (κ1) is 14.0. The maximum atomic E-state index is 9.35. The average Bonchev–Trinajstić information content (AvgIpc) is 1.91. The van der Waals surface area contributed by atoms with Crippen molar-refractivity contribution in [1.82, 2.24) is 0 Å². The summed E-state index contributed by atoms with van der Waals surface area (Å²) in [4.78, 5) is 0. The van der Waals surface area contributed by atoms with E-state index >= 15 is 0 Å². The molecule has 0 rings (SSSR count). The topological polar surface area (TPSA) is 40.5 Å². The zero-order chi connectivity index (χ0) is 7.98. The maximum absolute atomic E-state index is 9.35. The normalized spacial score (nSPS) is 15.3. The van der Waals surface area contributed by atoms with Crippen LogP contribution in [0.5, 0.6) is 0 Å². The minimum atomic E-state index is -0.306. The van der Waals surface area contributed by atoms with Gasteiger partial charge in [0.2, 0.25) is 0 Å². The number of hydrogen-bond acceptors (Lipinski definition) is 2. The smallest absolute Gasteiger partial charge is 0.0590 e. The van der Waals surface area contributed by atoms with E-state index in [0.717, 1.165) is 19.3 Å². The van der Waals surface area contributed by atoms with Crippen molar-refractivity contribution in [3.8, 4) is 0 Å². The molecule has 0 aromatic rings. The Morgan fingerprint density at radius 1 is 1.27 bits per heavy atom. The second-order valence-corrected chi connectivity index (χ2v) is 2.71. The molecule has 0 radical (unpaired) electrons. The maximum Gasteiger partial charge on any atom is 0.0590 e. The van der Waals surface area contributed by atoms with Crippen LogP contribution in [-0.4, -0.2) is 22.9 Å². The van der Waals surface area contributed by atoms with Gasteiger partial charge in [-0.15, -0.1) is 0 Å². The molecule has 72 valence electrons. The number of rotatable bonds is 5. The van der Waals surface area contributed by atoms with E-state index < -0.39 is 0 Å². The van der Waals surface area contributed by atoms with Gasteiger partial charge in [-0.2, -0.15) is 0 Å². The summed E-state index contributed by atoms with van der Waals surface area (Å²) in [5, 5.41) is 18.1. The van der Waals surface area contributed by atoms with Crippen LogP contribution in [-0.2, 0) is 16.5 Å². The Kier molecular flexibility index (Phi) is 10.8. The SMILES string of the molecule is CCCC(O)C(CC)CO.[Ni]. The Morgan fingerprint density at radius 2 is 1.82 bits per heavy atom. The molecule has 0 aromatic carbocycles. The van der Waals surface area contributed by atoms with Crippen molar-refractivity contribution in [3.05, 3.63) is 0 Å². The van der Waals surface area contributed by atoms with Crippen LogP contribution in [0.25, 0.3) is 0 Å². The molecule has 0 aliphatic rings. The Labute approximate surface area is 78.9 Å². The van der Waals surface area contributed by atoms with Crippen LogP contribution >= 0.6 is 0 Å². The van der Waals surface area contributed by atoms with Gasteiger partial charge in [0.1, 0.15) is 0 Å². The molecule has 0 spiro atoms. The van der Waals surface area contributed by atoms with Crippen LogP contribution in [0.3, 0.4) is 0 Å². The quantitative estimate of drug-likeness (QED) is 0.661. The Hall–Kier alpha value is 0.414. The van der Waals surface area contributed by atoms with Gasteiger partial charge in [0.15, 0.2) is 0 Å². The van der Waals surface area contributed by atoms with Gasteiger partial charge in [-0.1, -0.05) is 20.3 Å². The third kappa shape index (κ3) is 5.66. The molecule has 2 N–H and O–H groups in total. The number of aliphatic hydroxyl groups is 2. The first-order valence-electron chi connectivity index (χ1n) is 4.05. The summed E-state index contributed by atoms with van der Waals surface area (Å²) < 4.78 is 0. The fourth-order valence-electron chi connectivity index (χ4n) is 1.05. The van der Waals surface area contributed by atoms with E-state index in [-0.39, 0.29) is 35.1 Å². The predicted molar refractivity (Wildman–Crippen MR) is 41.8 cm³/mol. The van der Waals surface area contributed by atoms with Crippen molar-refractivity contribution in [2.75, 3.05) is 6.61 Å². The van der Waals surface area contributed by atoms with Gasteiger partial charge >= 0.3 is 0 Å². The van der Waals surface area contributed by atoms with Crippen molar-refractivity contribution in [1.29, 1.82) is 0 Å². The van der Waals surface area contributed by atoms with Gasteiger partial charge in [-0.25, -0.2) is 0 Å². The molecule has 0 saturated heterocycles. The standard InChI is InChI=1S/C8H18O2.Ni/c1-3-5-8(10)7(4-2)6-9;/h7-10H,3-6H2,1-2H3;. The van der Waals surface area contributed by atoms with Gasteiger partial charge < -0.3 is 10.2 Å². The van der Waals surface area contributed by atoms with E-state index in [9.17, 15) is 5.11 Å². The molecule has 3 heteroatoms. The summed E-state index contributed by atoms with van der Waals surface area (Å²) >= 11 is 0. The third-order valence-corrected chi connectivity index (χ3v) is 1.89. The largest absolute Gasteiger partial charge is 0.396 e. The van der Waals surface area contributed by atoms with E-state index in [0.29, 0.717) is 0 Å². The summed E-state index contributed by atoms with van der Waals surface area (Å²) in [6, 6.07) is 0. The molecule has 0 aliphatic carbocycles. The van der Waals surface area contributed by atoms with Crippen molar-refractivity contribution in [2.24, 2.45) is 5.92 Å². The predicted octanol–water partition coefficient (Wildman–Crippen LogP) is 1.16. The molecule has 0 aromatic heterocycles. The Morgan fingerprint density at radius 3 is 2.09 bits per heavy atom. The second-order valence-electron chi connectivity index (χ2n) is 2.71. The fourth-order valence-corrected chi connectivity index (χ4v) is 1.05. The monoisotopic (exact) mass is 204 g/mol. The molecule has 2 atom stereocenters. The van der Waals surface area contributed by atoms with E-state index in [1.165, 1.54) is 0 Å². The molecule has 11 heavy (non-hydrogen) atoms. The molecule has 2 unspecified atom stereocenters. The van der Waals surface area contributed by atoms with Gasteiger partial charge in [0.25, 0.3) is 0 Å². The first-order valence-corrected chi connectivity index (χ1v) is 4.05. The van der Waals surface area contributed by atoms with Crippen molar-refractivity contribution >= 4 is 0 Å². The second kappa shape index (κ2) is 8.51. The number of aliphatic hydroxyl groups excluding tert-OH is 2. The third-order valence-electron chi connectivity index (χ3n) is 1.89. The van der Waals surface area contributed by atoms with Crippen molar-refractivity contribution in [2.45, 2.75) is 39.2 Å². The van der Waals surface area contributed by atoms with E-state index in [1.54, 1.807) is 0 Å². The van der Waals surface area contributed by atoms with Gasteiger partial charge in [-0.3, -0.25) is 0 Å². The molecule has 0 fully saturated rings. The van der Waals surface area contributed by atoms with Crippen LogP contribution in [0.15, 0.2) is 0 Å². The molecule has 0 amide bonds. The van der Waals surface area contributed by atoms with Crippen LogP contribution < -0.4 is 0 Å². The van der Waals surface area contributed by atoms with Crippen molar-refractivity contribution < 1.29 is 26.7 Å². The van der Waals surface area contributed by atoms with E-state index in [2.05, 4.69) is 0 Å². The summed E-state index contributed by atoms with van der Waals surface area (Å²) in [7, 11) is 0. The van der Waals surface area contributed by atoms with E-state index in [4.69, 9.17) is 5.11 Å². The zero-order valence-electron chi connectivity index (χ0n) is 7.19. The van der Waals surface area contributed by atoms with Crippen LogP contribution in [0.4, 0.5) is 0 Å². The summed E-state index contributed by atoms with van der Waals surface area (Å²) in [5.74, 6) is 0.0833. The molecule has 2 nitrogen and oxygen atoms in total. The molecule has 0 bridgehead atoms. The molecule has 0 aliphatic heterocycles. The van der Waals surface area contributed by atoms with Crippen LogP contribution in [0.2, 0.25) is 0 Å². The summed E-state index contributed by atoms with van der Waals surface area (Å²) in [6.07, 6.45) is 2.34. The summed E-state index contributed by atoms with van der Waals surface area (Å²) in [5.41, 5.74) is 0. The summed E-state index contributed by atoms with van der Waals surface area (Å²) in [6.45, 7) is 4.13. The molecule has 0 saturated carbocycles. The van der Waals surface area contributed by atoms with Crippen LogP contribution in [0.1, 0.15) is 33.1 Å². The first-order chi connectivity index (χ1) is 4.76. The zero-order valence-corrected chi connectivity index (χ0v) is 8.18. The fraction of sp³-hybridized carbons (Fsp3) is 1.00. The average molecular weight is 205 g/mol. The minimum Gasteiger partial charge on any atom is -0.396 e. The Bertz CT molecular complexity index is 74.5. The van der Waals surface area contributed by atoms with Gasteiger partial charge in [0.05, 0.1) is 6.10 Å². The number of hydrogen-bond donors (Lipinski definition) is 2. The van der Waals surface area contributed by atoms with Gasteiger partial charge in [-0.05, 0) is 12.8 Å². The molecular weight excluding hydrogens is 187 g/mol. The van der Waals surface area contributed by atoms with Gasteiger partial charge in [0, 0.05) is 29.0 Å². The Balaban J connectivity index is 0. The van der Waals surface area contributed by atoms with Crippen LogP contribution in [0, 0.1) is 5.92 Å². The minimum absolute atomic E-state index is 0. The van der Waals surface area contributed by atoms with Crippen molar-refractivity contribution in [3.63, 3.8) is 0 Å². The molecule has 0 heterocycles. The molecular formula is C8H18NiO2. The van der Waals surface area contributed by atoms with E-state index in [1.807, 2.05) is 13.8 Å².